The number of fused-ring (bicyclic) bond motifs is 1. The molecule has 0 saturated carbocycles. The summed E-state index contributed by atoms with van der Waals surface area (Å²) < 4.78 is 86.0. The molecule has 2 aromatic carbocycles. The lowest BCUT2D eigenvalue weighted by Gasteiger charge is -2.33. The zero-order valence-electron chi connectivity index (χ0n) is 19.3. The predicted molar refractivity (Wildman–Crippen MR) is 121 cm³/mol. The Morgan fingerprint density at radius 1 is 1.03 bits per heavy atom. The second-order valence-electron chi connectivity index (χ2n) is 8.57. The largest absolute Gasteiger partial charge is 0.416 e. The molecule has 1 N–H and O–H groups in total. The van der Waals surface area contributed by atoms with Gasteiger partial charge in [0, 0.05) is 38.3 Å². The molecule has 1 aliphatic heterocycles. The molecule has 1 fully saturated rings. The quantitative estimate of drug-likeness (QED) is 0.464. The van der Waals surface area contributed by atoms with Crippen LogP contribution in [0.25, 0.3) is 11.0 Å². The number of anilines is 1. The number of amides is 1. The second-order valence-corrected chi connectivity index (χ2v) is 8.57. The lowest BCUT2D eigenvalue weighted by molar-refractivity contribution is -0.143. The van der Waals surface area contributed by atoms with Gasteiger partial charge in [0.05, 0.1) is 28.8 Å². The fourth-order valence-corrected chi connectivity index (χ4v) is 4.29. The lowest BCUT2D eigenvalue weighted by Crippen LogP contribution is -2.45. The summed E-state index contributed by atoms with van der Waals surface area (Å²) >= 11 is 0. The molecule has 1 saturated heterocycles. The van der Waals surface area contributed by atoms with Crippen LogP contribution >= 0.6 is 0 Å². The van der Waals surface area contributed by atoms with Crippen LogP contribution in [-0.2, 0) is 23.6 Å². The summed E-state index contributed by atoms with van der Waals surface area (Å²) in [5.41, 5.74) is -1.95. The van der Waals surface area contributed by atoms with Crippen molar-refractivity contribution in [1.82, 2.24) is 14.9 Å². The highest BCUT2D eigenvalue weighted by atomic mass is 19.4. The van der Waals surface area contributed by atoms with Gasteiger partial charge in [0.1, 0.15) is 0 Å². The van der Waals surface area contributed by atoms with E-state index in [0.717, 1.165) is 17.0 Å². The van der Waals surface area contributed by atoms with E-state index in [0.29, 0.717) is 51.2 Å². The average Bonchev–Trinajstić information content (AvgIpc) is 3.20. The molecule has 6 nitrogen and oxygen atoms in total. The highest BCUT2D eigenvalue weighted by Gasteiger charge is 2.37. The number of imidazole rings is 1. The highest BCUT2D eigenvalue weighted by Crippen LogP contribution is 2.36. The molecule has 0 bridgehead atoms. The molecule has 1 aliphatic rings. The predicted octanol–water partition coefficient (Wildman–Crippen LogP) is 5.12. The summed E-state index contributed by atoms with van der Waals surface area (Å²) in [6.07, 6.45) is -9.14. The third-order valence-electron chi connectivity index (χ3n) is 6.12. The number of halogens is 6. The van der Waals surface area contributed by atoms with Gasteiger partial charge in [0.2, 0.25) is 5.95 Å². The number of carbonyl (C=O) groups excluding carboxylic acids is 1. The normalized spacial score (nSPS) is 15.5. The standard InChI is InChI=1S/C24H24F6N4O2/c1-36-11-10-34-20-5-3-2-4-19(20)32-22(34)33-8-6-18(7-9-33)31-21(35)15-12-16(23(25,26)27)14-17(13-15)24(28,29)30/h2-5,12-14,18H,6-11H2,1H3,(H,31,35). The topological polar surface area (TPSA) is 59.4 Å². The zero-order valence-corrected chi connectivity index (χ0v) is 19.3. The molecule has 0 atom stereocenters. The Balaban J connectivity index is 1.47. The monoisotopic (exact) mass is 514 g/mol. The second kappa shape index (κ2) is 10.00. The fraction of sp³-hybridized carbons (Fsp3) is 0.417. The number of ether oxygens (including phenoxy) is 1. The number of alkyl halides is 6. The van der Waals surface area contributed by atoms with Crippen LogP contribution < -0.4 is 10.2 Å². The summed E-state index contributed by atoms with van der Waals surface area (Å²) in [4.78, 5) is 19.4. The summed E-state index contributed by atoms with van der Waals surface area (Å²) in [5.74, 6) is -0.233. The van der Waals surface area contributed by atoms with E-state index in [-0.39, 0.29) is 6.07 Å². The van der Waals surface area contributed by atoms with Crippen LogP contribution in [0.4, 0.5) is 32.3 Å². The molecule has 1 aromatic heterocycles. The van der Waals surface area contributed by atoms with Crippen molar-refractivity contribution in [3.63, 3.8) is 0 Å². The first-order valence-electron chi connectivity index (χ1n) is 11.3. The van der Waals surface area contributed by atoms with Crippen LogP contribution in [0, 0.1) is 0 Å². The molecular weight excluding hydrogens is 490 g/mol. The number of nitrogens with zero attached hydrogens (tertiary/aromatic N) is 3. The van der Waals surface area contributed by atoms with Gasteiger partial charge in [0.15, 0.2) is 0 Å². The first-order chi connectivity index (χ1) is 17.0. The molecule has 194 valence electrons. The Morgan fingerprint density at radius 2 is 1.64 bits per heavy atom. The number of methoxy groups -OCH3 is 1. The Labute approximate surface area is 202 Å². The van der Waals surface area contributed by atoms with Crippen LogP contribution in [0.2, 0.25) is 0 Å². The molecular formula is C24H24F6N4O2. The molecule has 0 aliphatic carbocycles. The van der Waals surface area contributed by atoms with E-state index in [1.807, 2.05) is 33.7 Å². The lowest BCUT2D eigenvalue weighted by atomic mass is 10.0. The van der Waals surface area contributed by atoms with Crippen LogP contribution in [0.15, 0.2) is 42.5 Å². The van der Waals surface area contributed by atoms with Crippen LogP contribution in [0.5, 0.6) is 0 Å². The molecule has 0 unspecified atom stereocenters. The number of piperidine rings is 1. The molecule has 3 aromatic rings. The Kier molecular flexibility index (Phi) is 7.17. The molecule has 0 spiro atoms. The van der Waals surface area contributed by atoms with Crippen molar-refractivity contribution in [3.05, 3.63) is 59.2 Å². The average molecular weight is 514 g/mol. The molecule has 4 rings (SSSR count). The number of aromatic nitrogens is 2. The number of hydrogen-bond donors (Lipinski definition) is 1. The minimum atomic E-state index is -5.02. The number of carbonyl (C=O) groups is 1. The summed E-state index contributed by atoms with van der Waals surface area (Å²) in [7, 11) is 1.61. The van der Waals surface area contributed by atoms with Gasteiger partial charge in [0.25, 0.3) is 5.91 Å². The Hall–Kier alpha value is -3.28. The van der Waals surface area contributed by atoms with Crippen molar-refractivity contribution >= 4 is 22.9 Å². The van der Waals surface area contributed by atoms with Crippen molar-refractivity contribution in [3.8, 4) is 0 Å². The van der Waals surface area contributed by atoms with Crippen molar-refractivity contribution in [2.75, 3.05) is 31.7 Å². The maximum Gasteiger partial charge on any atom is 0.416 e. The van der Waals surface area contributed by atoms with Gasteiger partial charge in [-0.15, -0.1) is 0 Å². The van der Waals surface area contributed by atoms with Gasteiger partial charge < -0.3 is 19.5 Å². The smallest absolute Gasteiger partial charge is 0.383 e. The third-order valence-corrected chi connectivity index (χ3v) is 6.12. The van der Waals surface area contributed by atoms with E-state index < -0.39 is 41.0 Å². The maximum atomic E-state index is 13.1. The van der Waals surface area contributed by atoms with E-state index in [1.54, 1.807) is 7.11 Å². The van der Waals surface area contributed by atoms with E-state index in [4.69, 9.17) is 9.72 Å². The number of rotatable bonds is 6. The van der Waals surface area contributed by atoms with Crippen molar-refractivity contribution in [2.24, 2.45) is 0 Å². The maximum absolute atomic E-state index is 13.1. The van der Waals surface area contributed by atoms with Crippen molar-refractivity contribution in [2.45, 2.75) is 37.8 Å². The minimum Gasteiger partial charge on any atom is -0.383 e. The Bertz CT molecular complexity index is 1200. The van der Waals surface area contributed by atoms with Gasteiger partial charge >= 0.3 is 12.4 Å². The first-order valence-corrected chi connectivity index (χ1v) is 11.3. The summed E-state index contributed by atoms with van der Waals surface area (Å²) in [6.45, 7) is 2.06. The number of hydrogen-bond acceptors (Lipinski definition) is 4. The van der Waals surface area contributed by atoms with Gasteiger partial charge in [-0.05, 0) is 43.2 Å². The molecule has 12 heteroatoms. The Morgan fingerprint density at radius 3 is 2.22 bits per heavy atom. The number of nitrogens with one attached hydrogen (secondary N) is 1. The van der Waals surface area contributed by atoms with Gasteiger partial charge in [-0.3, -0.25) is 4.79 Å². The molecule has 2 heterocycles. The summed E-state index contributed by atoms with van der Waals surface area (Å²) in [6, 6.07) is 8.14. The molecule has 0 radical (unpaired) electrons. The number of benzene rings is 2. The first kappa shape index (κ1) is 25.8. The van der Waals surface area contributed by atoms with Gasteiger partial charge in [-0.2, -0.15) is 26.3 Å². The van der Waals surface area contributed by atoms with Gasteiger partial charge in [-0.1, -0.05) is 12.1 Å². The van der Waals surface area contributed by atoms with E-state index >= 15 is 0 Å². The SMILES string of the molecule is COCCn1c(N2CCC(NC(=O)c3cc(C(F)(F)F)cc(C(F)(F)F)c3)CC2)nc2ccccc21. The third kappa shape index (κ3) is 5.58. The van der Waals surface area contributed by atoms with E-state index in [2.05, 4.69) is 5.32 Å². The van der Waals surface area contributed by atoms with Gasteiger partial charge in [-0.25, -0.2) is 4.98 Å². The van der Waals surface area contributed by atoms with Crippen molar-refractivity contribution in [1.29, 1.82) is 0 Å². The van der Waals surface area contributed by atoms with Crippen LogP contribution in [0.3, 0.4) is 0 Å². The van der Waals surface area contributed by atoms with E-state index in [9.17, 15) is 31.1 Å². The zero-order chi connectivity index (χ0) is 26.1. The molecule has 1 amide bonds. The summed E-state index contributed by atoms with van der Waals surface area (Å²) in [5, 5.41) is 2.59. The molecule has 36 heavy (non-hydrogen) atoms. The van der Waals surface area contributed by atoms with Crippen LogP contribution in [0.1, 0.15) is 34.3 Å². The van der Waals surface area contributed by atoms with E-state index in [1.165, 1.54) is 0 Å². The van der Waals surface area contributed by atoms with Crippen molar-refractivity contribution < 1.29 is 35.9 Å². The highest BCUT2D eigenvalue weighted by molar-refractivity contribution is 5.95. The fourth-order valence-electron chi connectivity index (χ4n) is 4.29. The number of para-hydroxylation sites is 2. The minimum absolute atomic E-state index is 0.00490. The van der Waals surface area contributed by atoms with Crippen LogP contribution in [-0.4, -0.2) is 48.3 Å².